The van der Waals surface area contributed by atoms with Gasteiger partial charge in [-0.3, -0.25) is 0 Å². The highest BCUT2D eigenvalue weighted by atomic mass is 32.2. The molecule has 1 aliphatic heterocycles. The zero-order valence-corrected chi connectivity index (χ0v) is 14.6. The number of nitrogens with zero attached hydrogens (tertiary/aromatic N) is 2. The van der Waals surface area contributed by atoms with E-state index in [0.29, 0.717) is 11.8 Å². The van der Waals surface area contributed by atoms with E-state index < -0.39 is 0 Å². The molecule has 0 N–H and O–H groups in total. The van der Waals surface area contributed by atoms with Crippen LogP contribution in [0.3, 0.4) is 0 Å². The van der Waals surface area contributed by atoms with Crippen molar-refractivity contribution >= 4 is 23.5 Å². The Kier molecular flexibility index (Phi) is 4.88. The molecule has 0 saturated heterocycles. The SMILES string of the molecule is c1cc2nc(c1)C1CCC1c1cccc(n1)SCCOCCS2. The number of ether oxygens (including phenoxy) is 1. The van der Waals surface area contributed by atoms with E-state index in [9.17, 15) is 0 Å². The Hall–Kier alpha value is -1.04. The summed E-state index contributed by atoms with van der Waals surface area (Å²) in [7, 11) is 0. The minimum atomic E-state index is 0.518. The third-order valence-corrected chi connectivity index (χ3v) is 6.27. The topological polar surface area (TPSA) is 35.0 Å². The van der Waals surface area contributed by atoms with Gasteiger partial charge in [-0.05, 0) is 37.1 Å². The molecule has 0 amide bonds. The molecule has 0 radical (unpaired) electrons. The maximum atomic E-state index is 5.71. The number of hydrogen-bond donors (Lipinski definition) is 0. The van der Waals surface area contributed by atoms with Crippen LogP contribution in [0.5, 0.6) is 0 Å². The van der Waals surface area contributed by atoms with Crippen molar-refractivity contribution in [1.82, 2.24) is 9.97 Å². The van der Waals surface area contributed by atoms with Crippen molar-refractivity contribution in [2.24, 2.45) is 0 Å². The van der Waals surface area contributed by atoms with E-state index in [2.05, 4.69) is 36.4 Å². The molecule has 2 aromatic heterocycles. The van der Waals surface area contributed by atoms with Gasteiger partial charge in [0.25, 0.3) is 0 Å². The predicted molar refractivity (Wildman–Crippen MR) is 95.5 cm³/mol. The summed E-state index contributed by atoms with van der Waals surface area (Å²) in [5, 5.41) is 2.23. The van der Waals surface area contributed by atoms with E-state index in [1.54, 1.807) is 23.5 Å². The lowest BCUT2D eigenvalue weighted by Crippen LogP contribution is -2.23. The largest absolute Gasteiger partial charge is 0.380 e. The van der Waals surface area contributed by atoms with E-state index in [1.807, 2.05) is 0 Å². The van der Waals surface area contributed by atoms with Gasteiger partial charge >= 0.3 is 0 Å². The van der Waals surface area contributed by atoms with Gasteiger partial charge in [-0.1, -0.05) is 12.1 Å². The molecule has 3 nitrogen and oxygen atoms in total. The predicted octanol–water partition coefficient (Wildman–Crippen LogP) is 4.35. The first-order chi connectivity index (χ1) is 11.4. The fraction of sp³-hybridized carbons (Fsp3) is 0.444. The molecule has 1 aliphatic carbocycles. The van der Waals surface area contributed by atoms with Crippen LogP contribution in [0.4, 0.5) is 0 Å². The van der Waals surface area contributed by atoms with E-state index in [1.165, 1.54) is 24.2 Å². The van der Waals surface area contributed by atoms with Crippen molar-refractivity contribution in [2.75, 3.05) is 24.7 Å². The second kappa shape index (κ2) is 7.24. The fourth-order valence-corrected chi connectivity index (χ4v) is 4.67. The molecule has 0 aromatic carbocycles. The molecule has 120 valence electrons. The summed E-state index contributed by atoms with van der Waals surface area (Å²) < 4.78 is 5.71. The highest BCUT2D eigenvalue weighted by molar-refractivity contribution is 7.99. The maximum absolute atomic E-state index is 5.71. The van der Waals surface area contributed by atoms with Gasteiger partial charge < -0.3 is 4.74 Å². The average Bonchev–Trinajstić information content (AvgIpc) is 2.53. The minimum absolute atomic E-state index is 0.518. The van der Waals surface area contributed by atoms with Gasteiger partial charge in [-0.15, -0.1) is 23.5 Å². The molecule has 23 heavy (non-hydrogen) atoms. The molecule has 0 spiro atoms. The number of thioether (sulfide) groups is 2. The van der Waals surface area contributed by atoms with Gasteiger partial charge in [0.15, 0.2) is 0 Å². The summed E-state index contributed by atoms with van der Waals surface area (Å²) in [5.41, 5.74) is 2.45. The summed E-state index contributed by atoms with van der Waals surface area (Å²) in [6.07, 6.45) is 2.43. The maximum Gasteiger partial charge on any atom is 0.0964 e. The molecule has 3 heterocycles. The minimum Gasteiger partial charge on any atom is -0.380 e. The van der Waals surface area contributed by atoms with E-state index in [4.69, 9.17) is 14.7 Å². The van der Waals surface area contributed by atoms with Crippen molar-refractivity contribution in [2.45, 2.75) is 34.7 Å². The van der Waals surface area contributed by atoms with Crippen LogP contribution in [0, 0.1) is 0 Å². The molecular weight excluding hydrogens is 324 g/mol. The number of pyridine rings is 2. The lowest BCUT2D eigenvalue weighted by Gasteiger charge is -2.36. The Morgan fingerprint density at radius 1 is 0.783 bits per heavy atom. The molecule has 2 unspecified atom stereocenters. The van der Waals surface area contributed by atoms with E-state index >= 15 is 0 Å². The van der Waals surface area contributed by atoms with Crippen LogP contribution in [0.2, 0.25) is 0 Å². The highest BCUT2D eigenvalue weighted by Gasteiger charge is 2.35. The van der Waals surface area contributed by atoms with Crippen LogP contribution >= 0.6 is 23.5 Å². The van der Waals surface area contributed by atoms with Crippen molar-refractivity contribution in [1.29, 1.82) is 0 Å². The molecule has 2 aromatic rings. The van der Waals surface area contributed by atoms with Gasteiger partial charge in [-0.25, -0.2) is 9.97 Å². The Morgan fingerprint density at radius 3 is 1.78 bits per heavy atom. The van der Waals surface area contributed by atoms with E-state index in [-0.39, 0.29) is 0 Å². The Balaban J connectivity index is 1.64. The molecule has 2 aliphatic rings. The Morgan fingerprint density at radius 2 is 1.30 bits per heavy atom. The molecular formula is C18H20N2OS2. The number of hydrogen-bond acceptors (Lipinski definition) is 5. The standard InChI is InChI=1S/C18H20N2OS2/c1-3-15-13-7-8-14(13)16-4-2-6-18(20-16)23-12-10-21-9-11-22-17(5-1)19-15/h1-6,13-14H,7-12H2. The van der Waals surface area contributed by atoms with Gasteiger partial charge in [0.05, 0.1) is 23.3 Å². The molecule has 2 atom stereocenters. The van der Waals surface area contributed by atoms with Gasteiger partial charge in [0, 0.05) is 34.7 Å². The third kappa shape index (κ3) is 3.57. The first kappa shape index (κ1) is 15.5. The van der Waals surface area contributed by atoms with Crippen LogP contribution in [-0.4, -0.2) is 34.7 Å². The van der Waals surface area contributed by atoms with Crippen LogP contribution in [0.15, 0.2) is 46.5 Å². The van der Waals surface area contributed by atoms with Crippen LogP contribution < -0.4 is 0 Å². The molecule has 1 fully saturated rings. The molecule has 4 rings (SSSR count). The number of aromatic nitrogens is 2. The lowest BCUT2D eigenvalue weighted by molar-refractivity contribution is 0.167. The zero-order chi connectivity index (χ0) is 15.5. The van der Waals surface area contributed by atoms with Gasteiger partial charge in [-0.2, -0.15) is 0 Å². The average molecular weight is 345 g/mol. The summed E-state index contributed by atoms with van der Waals surface area (Å²) >= 11 is 3.58. The third-order valence-electron chi connectivity index (χ3n) is 4.48. The highest BCUT2D eigenvalue weighted by Crippen LogP contribution is 2.48. The Bertz CT molecular complexity index is 622. The van der Waals surface area contributed by atoms with Crippen molar-refractivity contribution < 1.29 is 4.74 Å². The summed E-state index contributed by atoms with van der Waals surface area (Å²) in [4.78, 5) is 9.76. The van der Waals surface area contributed by atoms with Crippen LogP contribution in [0.25, 0.3) is 0 Å². The fourth-order valence-electron chi connectivity index (χ4n) is 3.16. The van der Waals surface area contributed by atoms with Gasteiger partial charge in [0.1, 0.15) is 0 Å². The molecule has 1 saturated carbocycles. The van der Waals surface area contributed by atoms with Crippen LogP contribution in [0.1, 0.15) is 36.1 Å². The lowest BCUT2D eigenvalue weighted by atomic mass is 9.70. The smallest absolute Gasteiger partial charge is 0.0964 e. The number of rotatable bonds is 0. The zero-order valence-electron chi connectivity index (χ0n) is 13.0. The normalized spacial score (nSPS) is 24.7. The van der Waals surface area contributed by atoms with E-state index in [0.717, 1.165) is 34.8 Å². The van der Waals surface area contributed by atoms with Gasteiger partial charge in [0.2, 0.25) is 0 Å². The second-order valence-electron chi connectivity index (χ2n) is 5.90. The summed E-state index contributed by atoms with van der Waals surface area (Å²) in [5.74, 6) is 2.96. The number of fused-ring (bicyclic) bond motifs is 7. The van der Waals surface area contributed by atoms with Crippen molar-refractivity contribution in [3.8, 4) is 0 Å². The quantitative estimate of drug-likeness (QED) is 0.710. The first-order valence-electron chi connectivity index (χ1n) is 8.17. The summed E-state index contributed by atoms with van der Waals surface area (Å²) in [6, 6.07) is 12.8. The first-order valence-corrected chi connectivity index (χ1v) is 10.1. The summed E-state index contributed by atoms with van der Waals surface area (Å²) in [6.45, 7) is 1.55. The molecule has 5 heteroatoms. The van der Waals surface area contributed by atoms with Crippen molar-refractivity contribution in [3.05, 3.63) is 47.8 Å². The second-order valence-corrected chi connectivity index (χ2v) is 8.13. The molecule has 4 bridgehead atoms. The van der Waals surface area contributed by atoms with Crippen LogP contribution in [-0.2, 0) is 4.74 Å². The van der Waals surface area contributed by atoms with Crippen molar-refractivity contribution in [3.63, 3.8) is 0 Å². The monoisotopic (exact) mass is 344 g/mol. The Labute approximate surface area is 145 Å².